The second-order valence-electron chi connectivity index (χ2n) is 9.06. The molecule has 0 saturated heterocycles. The molecule has 0 unspecified atom stereocenters. The molecule has 21 heteroatoms. The number of benzene rings is 3. The van der Waals surface area contributed by atoms with Crippen LogP contribution in [0.1, 0.15) is 0 Å². The van der Waals surface area contributed by atoms with Crippen LogP contribution in [0.3, 0.4) is 0 Å². The summed E-state index contributed by atoms with van der Waals surface area (Å²) in [6.07, 6.45) is 0.153. The molecule has 0 aliphatic heterocycles. The number of nitrogens with one attached hydrogen (secondary N) is 3. The van der Waals surface area contributed by atoms with Crippen LogP contribution in [0.25, 0.3) is 10.9 Å². The summed E-state index contributed by atoms with van der Waals surface area (Å²) in [7, 11) is -1.09. The zero-order valence-corrected chi connectivity index (χ0v) is 30.0. The lowest BCUT2D eigenvalue weighted by Crippen LogP contribution is -2.21. The Hall–Kier alpha value is -4.02. The zero-order chi connectivity index (χ0) is 37.2. The van der Waals surface area contributed by atoms with Gasteiger partial charge in [-0.3, -0.25) is 0 Å². The van der Waals surface area contributed by atoms with Gasteiger partial charge in [0.05, 0.1) is 35.2 Å². The number of halogens is 3. The molecular formula is C28H33F3N6O8S4. The smallest absolute Gasteiger partial charge is 0.490 e. The van der Waals surface area contributed by atoms with Crippen LogP contribution in [-0.4, -0.2) is 84.9 Å². The van der Waals surface area contributed by atoms with Gasteiger partial charge in [0.1, 0.15) is 12.1 Å². The Balaban J connectivity index is 0.000000329. The number of fused-ring (bicyclic) bond motifs is 1. The molecule has 0 spiro atoms. The highest BCUT2D eigenvalue weighted by Gasteiger charge is 2.38. The number of nitrogens with zero attached hydrogens (tertiary/aromatic N) is 2. The summed E-state index contributed by atoms with van der Waals surface area (Å²) < 4.78 is 94.1. The largest absolute Gasteiger partial charge is 0.493 e. The van der Waals surface area contributed by atoms with Crippen LogP contribution >= 0.6 is 23.5 Å². The van der Waals surface area contributed by atoms with Gasteiger partial charge in [0.25, 0.3) is 0 Å². The van der Waals surface area contributed by atoms with Crippen molar-refractivity contribution in [1.29, 1.82) is 0 Å². The molecule has 3 aromatic carbocycles. The fourth-order valence-electron chi connectivity index (χ4n) is 3.68. The average Bonchev–Trinajstić information content (AvgIpc) is 3.07. The minimum atomic E-state index is -5.08. The first-order valence-electron chi connectivity index (χ1n) is 13.3. The van der Waals surface area contributed by atoms with E-state index in [9.17, 15) is 30.0 Å². The summed E-state index contributed by atoms with van der Waals surface area (Å²) >= 11 is 2.98. The van der Waals surface area contributed by atoms with Crippen molar-refractivity contribution in [2.75, 3.05) is 51.9 Å². The number of hydrogen-bond donors (Lipinski definition) is 5. The van der Waals surface area contributed by atoms with E-state index in [1.807, 2.05) is 12.5 Å². The van der Waals surface area contributed by atoms with Crippen molar-refractivity contribution in [2.24, 2.45) is 0 Å². The fourth-order valence-corrected chi connectivity index (χ4v) is 6.23. The third kappa shape index (κ3) is 11.0. The highest BCUT2D eigenvalue weighted by atomic mass is 32.2. The van der Waals surface area contributed by atoms with Crippen LogP contribution in [-0.2, 0) is 24.8 Å². The molecule has 0 aliphatic carbocycles. The maximum absolute atomic E-state index is 12.2. The number of aliphatic carboxylic acids is 1. The number of thioether (sulfide) groups is 2. The van der Waals surface area contributed by atoms with E-state index in [1.54, 1.807) is 50.6 Å². The first kappa shape index (κ1) is 41.2. The number of methoxy groups -OCH3 is 2. The highest BCUT2D eigenvalue weighted by Crippen LogP contribution is 2.36. The van der Waals surface area contributed by atoms with Crippen LogP contribution in [0.2, 0.25) is 0 Å². The number of carboxylic acid groups (broad SMARTS) is 1. The molecule has 0 bridgehead atoms. The Labute approximate surface area is 289 Å². The summed E-state index contributed by atoms with van der Waals surface area (Å²) in [4.78, 5) is 19.6. The number of aromatic nitrogens is 2. The predicted octanol–water partition coefficient (Wildman–Crippen LogP) is 4.55. The number of carbonyl (C=O) groups is 1. The van der Waals surface area contributed by atoms with E-state index in [0.717, 1.165) is 9.79 Å². The molecule has 0 saturated carbocycles. The van der Waals surface area contributed by atoms with E-state index in [4.69, 9.17) is 25.1 Å². The molecule has 268 valence electrons. The number of rotatable bonds is 10. The predicted molar refractivity (Wildman–Crippen MR) is 183 cm³/mol. The monoisotopic (exact) mass is 766 g/mol. The molecule has 0 radical (unpaired) electrons. The first-order chi connectivity index (χ1) is 22.9. The fraction of sp³-hybridized carbons (Fsp3) is 0.250. The Kier molecular flexibility index (Phi) is 14.8. The Morgan fingerprint density at radius 3 is 1.78 bits per heavy atom. The summed E-state index contributed by atoms with van der Waals surface area (Å²) in [5.41, 5.74) is 7.44. The van der Waals surface area contributed by atoms with Crippen LogP contribution in [0, 0.1) is 0 Å². The number of alkyl halides is 3. The maximum atomic E-state index is 12.2. The van der Waals surface area contributed by atoms with Gasteiger partial charge in [-0.25, -0.2) is 41.0 Å². The van der Waals surface area contributed by atoms with Gasteiger partial charge in [-0.05, 0) is 69.1 Å². The minimum Gasteiger partial charge on any atom is -0.493 e. The number of hydrogen-bond acceptors (Lipinski definition) is 13. The van der Waals surface area contributed by atoms with Crippen molar-refractivity contribution < 1.29 is 49.4 Å². The number of sulfonamides is 2. The third-order valence-corrected chi connectivity index (χ3v) is 10.6. The van der Waals surface area contributed by atoms with E-state index in [2.05, 4.69) is 24.7 Å². The first-order valence-corrected chi connectivity index (χ1v) is 18.7. The second kappa shape index (κ2) is 17.6. The van der Waals surface area contributed by atoms with Gasteiger partial charge in [-0.15, -0.1) is 23.5 Å². The van der Waals surface area contributed by atoms with Crippen LogP contribution < -0.4 is 30.0 Å². The van der Waals surface area contributed by atoms with Crippen LogP contribution in [0.5, 0.6) is 11.5 Å². The zero-order valence-electron chi connectivity index (χ0n) is 26.7. The molecule has 4 aromatic rings. The second-order valence-corrected chi connectivity index (χ2v) is 14.5. The quantitative estimate of drug-likeness (QED) is 0.111. The summed E-state index contributed by atoms with van der Waals surface area (Å²) in [6.45, 7) is 0. The van der Waals surface area contributed by atoms with Crippen molar-refractivity contribution in [3.05, 3.63) is 54.9 Å². The summed E-state index contributed by atoms with van der Waals surface area (Å²) in [5.74, 6) is -1.12. The Morgan fingerprint density at radius 1 is 0.837 bits per heavy atom. The lowest BCUT2D eigenvalue weighted by Gasteiger charge is -2.15. The van der Waals surface area contributed by atoms with E-state index in [1.165, 1.54) is 56.1 Å². The van der Waals surface area contributed by atoms with Crippen molar-refractivity contribution in [1.82, 2.24) is 19.4 Å². The topological polar surface area (TPSA) is 212 Å². The van der Waals surface area contributed by atoms with Gasteiger partial charge in [0, 0.05) is 26.9 Å². The molecule has 1 heterocycles. The van der Waals surface area contributed by atoms with Gasteiger partial charge in [0.2, 0.25) is 20.0 Å². The van der Waals surface area contributed by atoms with E-state index in [0.29, 0.717) is 39.6 Å². The van der Waals surface area contributed by atoms with E-state index >= 15 is 0 Å². The van der Waals surface area contributed by atoms with Crippen LogP contribution in [0.4, 0.5) is 30.4 Å². The lowest BCUT2D eigenvalue weighted by atomic mass is 10.2. The maximum Gasteiger partial charge on any atom is 0.490 e. The number of nitrogen functional groups attached to an aromatic ring is 1. The summed E-state index contributed by atoms with van der Waals surface area (Å²) in [5, 5.41) is 11.1. The Morgan fingerprint density at radius 2 is 1.33 bits per heavy atom. The average molecular weight is 767 g/mol. The number of nitrogens with two attached hydrogens (primary N) is 1. The molecular weight excluding hydrogens is 734 g/mol. The van der Waals surface area contributed by atoms with E-state index in [-0.39, 0.29) is 9.79 Å². The molecule has 49 heavy (non-hydrogen) atoms. The number of anilines is 3. The van der Waals surface area contributed by atoms with Crippen LogP contribution in [0.15, 0.2) is 74.4 Å². The minimum absolute atomic E-state index is 0.160. The highest BCUT2D eigenvalue weighted by molar-refractivity contribution is 7.99. The van der Waals surface area contributed by atoms with Gasteiger partial charge < -0.3 is 25.6 Å². The number of ether oxygens (including phenoxy) is 2. The van der Waals surface area contributed by atoms with Crippen molar-refractivity contribution in [3.8, 4) is 11.5 Å². The molecule has 0 aliphatic rings. The standard InChI is InChI=1S/C18H20N4O4S2.C8H12N2O2S2.C2HF3O2/c1-19-28(23,24)11-5-6-17(27-4)14(7-11)22-18-12-8-15(25-2)16(26-3)9-13(12)20-10-21-18;1-10-14(11,12)6-3-4-8(13-2)7(9)5-6;3-2(4,5)1(6)7/h5-10,19H,1-4H3,(H,20,21,22);3-5,10H,9H2,1-2H3;(H,6,7). The molecule has 0 fully saturated rings. The normalized spacial score (nSPS) is 11.4. The van der Waals surface area contributed by atoms with Gasteiger partial charge in [0.15, 0.2) is 11.5 Å². The molecule has 0 amide bonds. The summed E-state index contributed by atoms with van der Waals surface area (Å²) in [6, 6.07) is 13.1. The SMILES string of the molecule is CNS(=O)(=O)c1ccc(SC)c(N)c1.CNS(=O)(=O)c1ccc(SC)c(Nc2ncnc3cc(OC)c(OC)cc23)c1.O=C(O)C(F)(F)F. The molecule has 14 nitrogen and oxygen atoms in total. The third-order valence-electron chi connectivity index (χ3n) is 6.17. The van der Waals surface area contributed by atoms with Crippen molar-refractivity contribution >= 4 is 77.6 Å². The van der Waals surface area contributed by atoms with Gasteiger partial charge in [-0.2, -0.15) is 13.2 Å². The van der Waals surface area contributed by atoms with Gasteiger partial charge >= 0.3 is 12.1 Å². The molecule has 4 rings (SSSR count). The van der Waals surface area contributed by atoms with Crippen molar-refractivity contribution in [2.45, 2.75) is 25.8 Å². The molecule has 1 aromatic heterocycles. The van der Waals surface area contributed by atoms with E-state index < -0.39 is 32.2 Å². The van der Waals surface area contributed by atoms with Crippen molar-refractivity contribution in [3.63, 3.8) is 0 Å². The Bertz CT molecular complexity index is 2000. The molecule has 6 N–H and O–H groups in total. The van der Waals surface area contributed by atoms with Gasteiger partial charge in [-0.1, -0.05) is 0 Å². The molecule has 0 atom stereocenters. The lowest BCUT2D eigenvalue weighted by molar-refractivity contribution is -0.192. The number of carboxylic acids is 1.